The Kier molecular flexibility index (Phi) is 4.90. The van der Waals surface area contributed by atoms with E-state index in [1.807, 2.05) is 37.3 Å². The Morgan fingerprint density at radius 1 is 1.14 bits per heavy atom. The highest BCUT2D eigenvalue weighted by Gasteiger charge is 2.14. The number of ether oxygens (including phenoxy) is 1. The van der Waals surface area contributed by atoms with Crippen molar-refractivity contribution in [2.75, 3.05) is 0 Å². The quantitative estimate of drug-likeness (QED) is 0.483. The summed E-state index contributed by atoms with van der Waals surface area (Å²) in [6.45, 7) is 3.91. The summed E-state index contributed by atoms with van der Waals surface area (Å²) in [5.74, 6) is 0.0198. The molecular weight excluding hydrogens is 372 g/mol. The van der Waals surface area contributed by atoms with Crippen LogP contribution in [0.5, 0.6) is 0 Å². The predicted molar refractivity (Wildman–Crippen MR) is 105 cm³/mol. The van der Waals surface area contributed by atoms with Gasteiger partial charge in [0.05, 0.1) is 16.6 Å². The van der Waals surface area contributed by atoms with E-state index in [9.17, 15) is 9.59 Å². The predicted octanol–water partition coefficient (Wildman–Crippen LogP) is 3.13. The van der Waals surface area contributed by atoms with Crippen molar-refractivity contribution in [2.45, 2.75) is 27.0 Å². The van der Waals surface area contributed by atoms with Crippen LogP contribution in [-0.2, 0) is 17.9 Å². The maximum atomic E-state index is 12.4. The highest BCUT2D eigenvalue weighted by atomic mass is 16.5. The minimum absolute atomic E-state index is 0.138. The van der Waals surface area contributed by atoms with Gasteiger partial charge in [0.15, 0.2) is 6.61 Å². The third-order valence-electron chi connectivity index (χ3n) is 4.48. The van der Waals surface area contributed by atoms with Gasteiger partial charge in [-0.1, -0.05) is 18.2 Å². The lowest BCUT2D eigenvalue weighted by Gasteiger charge is -2.09. The van der Waals surface area contributed by atoms with Gasteiger partial charge in [-0.15, -0.1) is 10.2 Å². The number of aromatic nitrogens is 4. The normalized spacial score (nSPS) is 11.0. The molecule has 0 saturated carbocycles. The van der Waals surface area contributed by atoms with E-state index in [1.54, 1.807) is 29.7 Å². The van der Waals surface area contributed by atoms with Gasteiger partial charge in [0.2, 0.25) is 5.89 Å². The van der Waals surface area contributed by atoms with Crippen molar-refractivity contribution in [2.24, 2.45) is 0 Å². The third kappa shape index (κ3) is 3.64. The van der Waals surface area contributed by atoms with E-state index in [4.69, 9.17) is 9.15 Å². The molecule has 0 fully saturated rings. The zero-order valence-electron chi connectivity index (χ0n) is 16.0. The molecule has 0 radical (unpaired) electrons. The summed E-state index contributed by atoms with van der Waals surface area (Å²) in [6, 6.07) is 14.2. The topological polar surface area (TPSA) is 100 Å². The lowest BCUT2D eigenvalue weighted by molar-refractivity contribution is 0.0439. The molecule has 146 valence electrons. The molecular formula is C21H18N4O4. The standard InChI is InChI=1S/C21H18N4O4/c1-3-25-17-10-9-15(11-16(17)22-13(2)20(25)26)21(27)28-12-18-23-24-19(29-18)14-7-5-4-6-8-14/h4-11H,3,12H2,1-2H3. The lowest BCUT2D eigenvalue weighted by atomic mass is 10.2. The van der Waals surface area contributed by atoms with E-state index < -0.39 is 5.97 Å². The van der Waals surface area contributed by atoms with Crippen LogP contribution in [0.4, 0.5) is 0 Å². The summed E-state index contributed by atoms with van der Waals surface area (Å²) in [5.41, 5.74) is 2.58. The Balaban J connectivity index is 1.52. The first-order chi connectivity index (χ1) is 14.1. The van der Waals surface area contributed by atoms with Gasteiger partial charge in [-0.2, -0.15) is 0 Å². The maximum Gasteiger partial charge on any atom is 0.338 e. The van der Waals surface area contributed by atoms with Crippen molar-refractivity contribution < 1.29 is 13.9 Å². The molecule has 8 nitrogen and oxygen atoms in total. The third-order valence-corrected chi connectivity index (χ3v) is 4.48. The summed E-state index contributed by atoms with van der Waals surface area (Å²) >= 11 is 0. The second-order valence-corrected chi connectivity index (χ2v) is 6.39. The minimum atomic E-state index is -0.542. The molecule has 0 amide bonds. The molecule has 0 bridgehead atoms. The second-order valence-electron chi connectivity index (χ2n) is 6.39. The molecule has 4 rings (SSSR count). The van der Waals surface area contributed by atoms with Crippen molar-refractivity contribution in [1.29, 1.82) is 0 Å². The van der Waals surface area contributed by atoms with Crippen molar-refractivity contribution >= 4 is 17.0 Å². The number of rotatable bonds is 5. The molecule has 0 spiro atoms. The molecule has 2 heterocycles. The minimum Gasteiger partial charge on any atom is -0.452 e. The fourth-order valence-corrected chi connectivity index (χ4v) is 3.04. The maximum absolute atomic E-state index is 12.4. The molecule has 0 saturated heterocycles. The van der Waals surface area contributed by atoms with Gasteiger partial charge in [-0.05, 0) is 44.2 Å². The molecule has 0 aliphatic carbocycles. The molecule has 0 N–H and O–H groups in total. The molecule has 0 aliphatic rings. The van der Waals surface area contributed by atoms with Gasteiger partial charge in [-0.25, -0.2) is 9.78 Å². The van der Waals surface area contributed by atoms with E-state index in [2.05, 4.69) is 15.2 Å². The average Bonchev–Trinajstić information content (AvgIpc) is 3.22. The van der Waals surface area contributed by atoms with Gasteiger partial charge in [-0.3, -0.25) is 4.79 Å². The Morgan fingerprint density at radius 2 is 1.93 bits per heavy atom. The zero-order valence-corrected chi connectivity index (χ0v) is 16.0. The Labute approximate surface area is 165 Å². The largest absolute Gasteiger partial charge is 0.452 e. The highest BCUT2D eigenvalue weighted by Crippen LogP contribution is 2.18. The Morgan fingerprint density at radius 3 is 2.69 bits per heavy atom. The lowest BCUT2D eigenvalue weighted by Crippen LogP contribution is -2.23. The van der Waals surface area contributed by atoms with Crippen LogP contribution in [0.25, 0.3) is 22.5 Å². The molecule has 4 aromatic rings. The van der Waals surface area contributed by atoms with E-state index in [1.165, 1.54) is 0 Å². The summed E-state index contributed by atoms with van der Waals surface area (Å²) in [7, 11) is 0. The zero-order chi connectivity index (χ0) is 20.4. The number of carbonyl (C=O) groups is 1. The average molecular weight is 390 g/mol. The van der Waals surface area contributed by atoms with Crippen LogP contribution in [0.15, 0.2) is 57.7 Å². The highest BCUT2D eigenvalue weighted by molar-refractivity contribution is 5.93. The first-order valence-corrected chi connectivity index (χ1v) is 9.13. The van der Waals surface area contributed by atoms with Crippen LogP contribution in [0.2, 0.25) is 0 Å². The van der Waals surface area contributed by atoms with Crippen LogP contribution in [-0.4, -0.2) is 25.7 Å². The second kappa shape index (κ2) is 7.67. The smallest absolute Gasteiger partial charge is 0.338 e. The first kappa shape index (κ1) is 18.5. The molecule has 29 heavy (non-hydrogen) atoms. The summed E-state index contributed by atoms with van der Waals surface area (Å²) < 4.78 is 12.4. The van der Waals surface area contributed by atoms with Crippen molar-refractivity contribution in [1.82, 2.24) is 19.7 Å². The number of fused-ring (bicyclic) bond motifs is 1. The Hall–Kier alpha value is -3.81. The molecule has 0 unspecified atom stereocenters. The summed E-state index contributed by atoms with van der Waals surface area (Å²) in [6.07, 6.45) is 0. The SMILES string of the molecule is CCn1c(=O)c(C)nc2cc(C(=O)OCc3nnc(-c4ccccc4)o3)ccc21. The molecule has 0 aliphatic heterocycles. The van der Waals surface area contributed by atoms with E-state index in [-0.39, 0.29) is 18.1 Å². The molecule has 8 heteroatoms. The van der Waals surface area contributed by atoms with E-state index in [0.717, 1.165) is 5.56 Å². The van der Waals surface area contributed by atoms with Gasteiger partial charge < -0.3 is 13.7 Å². The molecule has 2 aromatic heterocycles. The molecule has 0 atom stereocenters. The van der Waals surface area contributed by atoms with Crippen molar-refractivity contribution in [3.8, 4) is 11.5 Å². The summed E-state index contributed by atoms with van der Waals surface area (Å²) in [5, 5.41) is 7.87. The number of hydrogen-bond donors (Lipinski definition) is 0. The first-order valence-electron chi connectivity index (χ1n) is 9.13. The summed E-state index contributed by atoms with van der Waals surface area (Å²) in [4.78, 5) is 28.9. The Bertz CT molecular complexity index is 1240. The number of carbonyl (C=O) groups excluding carboxylic acids is 1. The molecule has 2 aromatic carbocycles. The van der Waals surface area contributed by atoms with Gasteiger partial charge in [0.1, 0.15) is 5.69 Å². The van der Waals surface area contributed by atoms with Crippen LogP contribution >= 0.6 is 0 Å². The number of benzene rings is 2. The van der Waals surface area contributed by atoms with Crippen LogP contribution in [0, 0.1) is 6.92 Å². The van der Waals surface area contributed by atoms with Gasteiger partial charge in [0, 0.05) is 12.1 Å². The van der Waals surface area contributed by atoms with Crippen LogP contribution < -0.4 is 5.56 Å². The van der Waals surface area contributed by atoms with Crippen LogP contribution in [0.3, 0.4) is 0 Å². The van der Waals surface area contributed by atoms with Gasteiger partial charge in [0.25, 0.3) is 11.4 Å². The number of hydrogen-bond acceptors (Lipinski definition) is 7. The van der Waals surface area contributed by atoms with Crippen molar-refractivity contribution in [3.63, 3.8) is 0 Å². The fraction of sp³-hybridized carbons (Fsp3) is 0.190. The van der Waals surface area contributed by atoms with Crippen molar-refractivity contribution in [3.05, 3.63) is 76.0 Å². The number of aryl methyl sites for hydroxylation is 2. The van der Waals surface area contributed by atoms with E-state index in [0.29, 0.717) is 34.7 Å². The number of esters is 1. The monoisotopic (exact) mass is 390 g/mol. The number of nitrogens with zero attached hydrogens (tertiary/aromatic N) is 4. The van der Waals surface area contributed by atoms with E-state index >= 15 is 0 Å². The fourth-order valence-electron chi connectivity index (χ4n) is 3.04. The van der Waals surface area contributed by atoms with Gasteiger partial charge >= 0.3 is 5.97 Å². The van der Waals surface area contributed by atoms with Crippen LogP contribution in [0.1, 0.15) is 28.9 Å².